The van der Waals surface area contributed by atoms with E-state index in [2.05, 4.69) is 6.92 Å². The second kappa shape index (κ2) is 36.0. The van der Waals surface area contributed by atoms with Crippen LogP contribution in [0.1, 0.15) is 225 Å². The van der Waals surface area contributed by atoms with Gasteiger partial charge in [0.15, 0.2) is 0 Å². The van der Waals surface area contributed by atoms with Gasteiger partial charge in [0.05, 0.1) is 0 Å². The highest BCUT2D eigenvalue weighted by molar-refractivity contribution is 4.53. The molecular formula is C36H74O. The number of aliphatic hydroxyl groups is 1. The van der Waals surface area contributed by atoms with Crippen LogP contribution in [0.4, 0.5) is 0 Å². The Hall–Kier alpha value is -0.0400. The normalized spacial score (nSPS) is 11.5. The lowest BCUT2D eigenvalue weighted by Gasteiger charge is -2.05. The lowest BCUT2D eigenvalue weighted by Crippen LogP contribution is -1.85. The Balaban J connectivity index is 3.00. The van der Waals surface area contributed by atoms with Crippen molar-refractivity contribution in [3.63, 3.8) is 0 Å². The van der Waals surface area contributed by atoms with Crippen LogP contribution in [0.2, 0.25) is 0 Å². The van der Waals surface area contributed by atoms with Gasteiger partial charge in [-0.1, -0.05) is 219 Å². The molecule has 0 bridgehead atoms. The monoisotopic (exact) mass is 523 g/mol. The molecule has 0 aliphatic rings. The summed E-state index contributed by atoms with van der Waals surface area (Å²) in [6.45, 7) is 2.68. The Labute approximate surface area is 236 Å². The number of hydrogen-bond acceptors (Lipinski definition) is 1. The van der Waals surface area contributed by atoms with Crippen LogP contribution in [0.3, 0.4) is 0 Å². The molecule has 37 heavy (non-hydrogen) atoms. The summed E-state index contributed by atoms with van der Waals surface area (Å²) in [5, 5.41) is 8.78. The third-order valence-corrected chi connectivity index (χ3v) is 8.51. The van der Waals surface area contributed by atoms with Crippen LogP contribution in [-0.4, -0.2) is 11.7 Å². The fraction of sp³-hybridized carbons (Fsp3) is 1.00. The molecule has 0 rings (SSSR count). The molecule has 224 valence electrons. The van der Waals surface area contributed by atoms with Crippen molar-refractivity contribution in [2.24, 2.45) is 0 Å². The lowest BCUT2D eigenvalue weighted by atomic mass is 10.0. The zero-order valence-electron chi connectivity index (χ0n) is 26.2. The third kappa shape index (κ3) is 36.0. The van der Waals surface area contributed by atoms with E-state index in [9.17, 15) is 0 Å². The molecule has 0 saturated carbocycles. The summed E-state index contributed by atoms with van der Waals surface area (Å²) in [5.74, 6) is 0. The molecule has 0 heterocycles. The summed E-state index contributed by atoms with van der Waals surface area (Å²) in [6, 6.07) is 0. The van der Waals surface area contributed by atoms with Crippen molar-refractivity contribution in [1.82, 2.24) is 0 Å². The maximum Gasteiger partial charge on any atom is 0.0431 e. The van der Waals surface area contributed by atoms with E-state index in [1.165, 1.54) is 212 Å². The predicted octanol–water partition coefficient (Wildman–Crippen LogP) is 13.3. The third-order valence-electron chi connectivity index (χ3n) is 8.51. The van der Waals surface area contributed by atoms with Gasteiger partial charge in [-0.05, 0) is 6.42 Å². The van der Waals surface area contributed by atoms with Gasteiger partial charge in [0.2, 0.25) is 0 Å². The molecule has 1 nitrogen and oxygen atoms in total. The Bertz CT molecular complexity index is 332. The van der Waals surface area contributed by atoms with Gasteiger partial charge in [-0.25, -0.2) is 0 Å². The fourth-order valence-electron chi connectivity index (χ4n) is 5.84. The van der Waals surface area contributed by atoms with Crippen molar-refractivity contribution in [2.75, 3.05) is 6.61 Å². The van der Waals surface area contributed by atoms with Crippen molar-refractivity contribution in [3.05, 3.63) is 0 Å². The molecule has 0 aliphatic carbocycles. The van der Waals surface area contributed by atoms with Gasteiger partial charge in [-0.15, -0.1) is 0 Å². The van der Waals surface area contributed by atoms with Crippen LogP contribution in [0.25, 0.3) is 0 Å². The molecule has 0 atom stereocenters. The molecule has 0 fully saturated rings. The largest absolute Gasteiger partial charge is 0.396 e. The van der Waals surface area contributed by atoms with Gasteiger partial charge in [-0.3, -0.25) is 0 Å². The molecule has 0 saturated heterocycles. The maximum absolute atomic E-state index is 8.78. The van der Waals surface area contributed by atoms with Crippen LogP contribution < -0.4 is 0 Å². The molecule has 0 aromatic carbocycles. The fourth-order valence-corrected chi connectivity index (χ4v) is 5.84. The highest BCUT2D eigenvalue weighted by Gasteiger charge is 1.97. The molecule has 0 amide bonds. The van der Waals surface area contributed by atoms with E-state index in [1.807, 2.05) is 0 Å². The zero-order chi connectivity index (χ0) is 26.7. The second-order valence-electron chi connectivity index (χ2n) is 12.4. The van der Waals surface area contributed by atoms with E-state index in [1.54, 1.807) is 0 Å². The standard InChI is InChI=1S/C36H74O/c1-2-3-4-5-6-7-8-9-10-11-12-13-14-15-16-17-18-19-20-21-22-23-24-25-26-27-28-29-30-31-32-33-34-35-36-37/h37H,2-36H2,1H3. The first-order chi connectivity index (χ1) is 18.4. The van der Waals surface area contributed by atoms with Crippen LogP contribution in [0.15, 0.2) is 0 Å². The van der Waals surface area contributed by atoms with Gasteiger partial charge in [0.1, 0.15) is 0 Å². The topological polar surface area (TPSA) is 20.2 Å². The minimum atomic E-state index is 0.375. The van der Waals surface area contributed by atoms with E-state index in [0.29, 0.717) is 6.61 Å². The quantitative estimate of drug-likeness (QED) is 0.0833. The first-order valence-corrected chi connectivity index (χ1v) is 18.0. The van der Waals surface area contributed by atoms with Gasteiger partial charge in [-0.2, -0.15) is 0 Å². The van der Waals surface area contributed by atoms with Crippen LogP contribution >= 0.6 is 0 Å². The van der Waals surface area contributed by atoms with E-state index in [-0.39, 0.29) is 0 Å². The number of rotatable bonds is 34. The summed E-state index contributed by atoms with van der Waals surface area (Å²) < 4.78 is 0. The second-order valence-corrected chi connectivity index (χ2v) is 12.4. The van der Waals surface area contributed by atoms with Crippen molar-refractivity contribution < 1.29 is 5.11 Å². The van der Waals surface area contributed by atoms with Gasteiger partial charge in [0.25, 0.3) is 0 Å². The molecule has 1 heteroatoms. The first kappa shape index (κ1) is 37.0. The summed E-state index contributed by atoms with van der Waals surface area (Å²) in [5.41, 5.74) is 0. The Morgan fingerprint density at radius 2 is 0.351 bits per heavy atom. The number of aliphatic hydroxyl groups excluding tert-OH is 1. The summed E-state index contributed by atoms with van der Waals surface area (Å²) in [4.78, 5) is 0. The average Bonchev–Trinajstić information content (AvgIpc) is 2.91. The molecule has 0 aliphatic heterocycles. The zero-order valence-corrected chi connectivity index (χ0v) is 26.2. The highest BCUT2D eigenvalue weighted by atomic mass is 16.2. The van der Waals surface area contributed by atoms with Crippen molar-refractivity contribution >= 4 is 0 Å². The first-order valence-electron chi connectivity index (χ1n) is 18.0. The Kier molecular flexibility index (Phi) is 35.9. The molecule has 0 unspecified atom stereocenters. The van der Waals surface area contributed by atoms with Crippen LogP contribution in [0, 0.1) is 0 Å². The van der Waals surface area contributed by atoms with Crippen LogP contribution in [0.5, 0.6) is 0 Å². The van der Waals surface area contributed by atoms with E-state index >= 15 is 0 Å². The summed E-state index contributed by atoms with van der Waals surface area (Å²) in [6.07, 6.45) is 49.0. The highest BCUT2D eigenvalue weighted by Crippen LogP contribution is 2.17. The minimum Gasteiger partial charge on any atom is -0.396 e. The van der Waals surface area contributed by atoms with Gasteiger partial charge < -0.3 is 5.11 Å². The lowest BCUT2D eigenvalue weighted by molar-refractivity contribution is 0.282. The smallest absolute Gasteiger partial charge is 0.0431 e. The number of hydrogen-bond donors (Lipinski definition) is 1. The Morgan fingerprint density at radius 3 is 0.486 bits per heavy atom. The van der Waals surface area contributed by atoms with Gasteiger partial charge >= 0.3 is 0 Å². The predicted molar refractivity (Wildman–Crippen MR) is 170 cm³/mol. The van der Waals surface area contributed by atoms with E-state index < -0.39 is 0 Å². The molecular weight excluding hydrogens is 448 g/mol. The van der Waals surface area contributed by atoms with Crippen LogP contribution in [-0.2, 0) is 0 Å². The van der Waals surface area contributed by atoms with Crippen molar-refractivity contribution in [2.45, 2.75) is 225 Å². The van der Waals surface area contributed by atoms with Crippen molar-refractivity contribution in [1.29, 1.82) is 0 Å². The van der Waals surface area contributed by atoms with E-state index in [0.717, 1.165) is 6.42 Å². The Morgan fingerprint density at radius 1 is 0.216 bits per heavy atom. The molecule has 0 radical (unpaired) electrons. The molecule has 0 aromatic rings. The number of unbranched alkanes of at least 4 members (excludes halogenated alkanes) is 33. The van der Waals surface area contributed by atoms with Gasteiger partial charge in [0, 0.05) is 6.61 Å². The summed E-state index contributed by atoms with van der Waals surface area (Å²) in [7, 11) is 0. The molecule has 0 spiro atoms. The SMILES string of the molecule is CCCCCCCCCCCCCCCCCCCCCCCCCCCCCCCCCCCCO. The minimum absolute atomic E-state index is 0.375. The maximum atomic E-state index is 8.78. The van der Waals surface area contributed by atoms with Crippen molar-refractivity contribution in [3.8, 4) is 0 Å². The molecule has 0 aromatic heterocycles. The average molecular weight is 523 g/mol. The van der Waals surface area contributed by atoms with E-state index in [4.69, 9.17) is 5.11 Å². The molecule has 1 N–H and O–H groups in total. The summed E-state index contributed by atoms with van der Waals surface area (Å²) >= 11 is 0.